The van der Waals surface area contributed by atoms with Crippen molar-refractivity contribution in [2.75, 3.05) is 39.9 Å². The van der Waals surface area contributed by atoms with E-state index < -0.39 is 20.6 Å². The lowest BCUT2D eigenvalue weighted by Crippen LogP contribution is -2.51. The summed E-state index contributed by atoms with van der Waals surface area (Å²) in [6.07, 6.45) is 0. The highest BCUT2D eigenvalue weighted by atomic mass is 32.2. The van der Waals surface area contributed by atoms with Crippen molar-refractivity contribution in [3.05, 3.63) is 64.2 Å². The fourth-order valence-electron chi connectivity index (χ4n) is 3.22. The number of nitrogens with zero attached hydrogens (tertiary/aromatic N) is 3. The van der Waals surface area contributed by atoms with Crippen LogP contribution < -0.4 is 4.74 Å². The maximum Gasteiger partial charge on any atom is 0.312 e. The van der Waals surface area contributed by atoms with Crippen LogP contribution in [0.3, 0.4) is 0 Å². The second kappa shape index (κ2) is 9.86. The van der Waals surface area contributed by atoms with Gasteiger partial charge in [-0.25, -0.2) is 8.42 Å². The molecule has 0 bridgehead atoms. The molecule has 0 radical (unpaired) electrons. The second-order valence-electron chi connectivity index (χ2n) is 6.85. The fraction of sp³-hybridized carbons (Fsp3) is 0.350. The summed E-state index contributed by atoms with van der Waals surface area (Å²) in [5, 5.41) is 11.2. The molecular formula is C20H23N3O7S. The van der Waals surface area contributed by atoms with Gasteiger partial charge in [-0.3, -0.25) is 14.9 Å². The topological polar surface area (TPSA) is 119 Å². The third kappa shape index (κ3) is 5.37. The third-order valence-corrected chi connectivity index (χ3v) is 6.81. The molecule has 10 nitrogen and oxygen atoms in total. The molecule has 0 spiro atoms. The van der Waals surface area contributed by atoms with Crippen LogP contribution in [-0.4, -0.2) is 68.3 Å². The Kier molecular flexibility index (Phi) is 7.21. The number of hydrogen-bond donors (Lipinski definition) is 0. The predicted octanol–water partition coefficient (Wildman–Crippen LogP) is 1.65. The number of nitro groups is 1. The zero-order chi connectivity index (χ0) is 22.4. The lowest BCUT2D eigenvalue weighted by molar-refractivity contribution is -0.386. The quantitative estimate of drug-likeness (QED) is 0.444. The molecule has 0 unspecified atom stereocenters. The van der Waals surface area contributed by atoms with E-state index in [1.54, 1.807) is 4.90 Å². The van der Waals surface area contributed by atoms with Gasteiger partial charge in [-0.1, -0.05) is 30.3 Å². The van der Waals surface area contributed by atoms with E-state index in [9.17, 15) is 23.3 Å². The van der Waals surface area contributed by atoms with Crippen molar-refractivity contribution in [3.8, 4) is 5.75 Å². The van der Waals surface area contributed by atoms with Gasteiger partial charge >= 0.3 is 5.69 Å². The van der Waals surface area contributed by atoms with Gasteiger partial charge in [0.1, 0.15) is 6.61 Å². The minimum absolute atomic E-state index is 0.0186. The molecule has 0 saturated carbocycles. The van der Waals surface area contributed by atoms with Crippen molar-refractivity contribution >= 4 is 21.6 Å². The van der Waals surface area contributed by atoms with Crippen LogP contribution in [0.2, 0.25) is 0 Å². The van der Waals surface area contributed by atoms with Gasteiger partial charge in [-0.2, -0.15) is 4.31 Å². The molecule has 0 aliphatic carbocycles. The van der Waals surface area contributed by atoms with Gasteiger partial charge in [0, 0.05) is 32.2 Å². The van der Waals surface area contributed by atoms with E-state index in [-0.39, 0.29) is 49.3 Å². The van der Waals surface area contributed by atoms with Gasteiger partial charge in [0.25, 0.3) is 0 Å². The van der Waals surface area contributed by atoms with Gasteiger partial charge in [0.2, 0.25) is 15.9 Å². The highest BCUT2D eigenvalue weighted by Crippen LogP contribution is 2.30. The molecule has 1 aliphatic heterocycles. The van der Waals surface area contributed by atoms with Crippen LogP contribution in [0.5, 0.6) is 5.75 Å². The van der Waals surface area contributed by atoms with Crippen LogP contribution >= 0.6 is 0 Å². The first-order chi connectivity index (χ1) is 14.8. The summed E-state index contributed by atoms with van der Waals surface area (Å²) in [5.41, 5.74) is 0.535. The first-order valence-electron chi connectivity index (χ1n) is 9.55. The van der Waals surface area contributed by atoms with E-state index in [1.165, 1.54) is 23.5 Å². The standard InChI is InChI=1S/C20H23N3O7S/c1-29-19-8-7-17(13-18(19)23(25)26)31(27,28)22-11-9-21(10-12-22)20(24)15-30-14-16-5-3-2-4-6-16/h2-8,13H,9-12,14-15H2,1H3. The average Bonchev–Trinajstić information content (AvgIpc) is 2.79. The highest BCUT2D eigenvalue weighted by molar-refractivity contribution is 7.89. The predicted molar refractivity (Wildman–Crippen MR) is 111 cm³/mol. The van der Waals surface area contributed by atoms with Gasteiger partial charge in [0.05, 0.1) is 23.5 Å². The number of ether oxygens (including phenoxy) is 2. The minimum atomic E-state index is -3.94. The maximum atomic E-state index is 12.9. The molecule has 1 fully saturated rings. The Morgan fingerprint density at radius 1 is 1.10 bits per heavy atom. The molecule has 11 heteroatoms. The van der Waals surface area contributed by atoms with Gasteiger partial charge in [0.15, 0.2) is 5.75 Å². The second-order valence-corrected chi connectivity index (χ2v) is 8.79. The van der Waals surface area contributed by atoms with Gasteiger partial charge in [-0.15, -0.1) is 0 Å². The van der Waals surface area contributed by atoms with Crippen LogP contribution in [0.1, 0.15) is 5.56 Å². The molecule has 1 saturated heterocycles. The molecule has 3 rings (SSSR count). The highest BCUT2D eigenvalue weighted by Gasteiger charge is 2.31. The summed E-state index contributed by atoms with van der Waals surface area (Å²) in [4.78, 5) is 24.2. The number of rotatable bonds is 8. The van der Waals surface area contributed by atoms with Crippen molar-refractivity contribution in [2.45, 2.75) is 11.5 Å². The van der Waals surface area contributed by atoms with Crippen molar-refractivity contribution < 1.29 is 27.6 Å². The van der Waals surface area contributed by atoms with Gasteiger partial charge in [-0.05, 0) is 17.7 Å². The summed E-state index contributed by atoms with van der Waals surface area (Å²) in [6, 6.07) is 13.0. The number of carbonyl (C=O) groups excluding carboxylic acids is 1. The van der Waals surface area contributed by atoms with Crippen LogP contribution in [0.25, 0.3) is 0 Å². The monoisotopic (exact) mass is 449 g/mol. The maximum absolute atomic E-state index is 12.9. The minimum Gasteiger partial charge on any atom is -0.490 e. The molecule has 1 amide bonds. The summed E-state index contributed by atoms with van der Waals surface area (Å²) < 4.78 is 37.4. The Labute approximate surface area is 180 Å². The molecule has 0 N–H and O–H groups in total. The van der Waals surface area contributed by atoms with E-state index in [1.807, 2.05) is 30.3 Å². The van der Waals surface area contributed by atoms with E-state index in [4.69, 9.17) is 9.47 Å². The van der Waals surface area contributed by atoms with Gasteiger partial charge < -0.3 is 14.4 Å². The zero-order valence-electron chi connectivity index (χ0n) is 17.0. The van der Waals surface area contributed by atoms with Crippen molar-refractivity contribution in [2.24, 2.45) is 0 Å². The third-order valence-electron chi connectivity index (χ3n) is 4.91. The Morgan fingerprint density at radius 2 is 1.77 bits per heavy atom. The van der Waals surface area contributed by atoms with Crippen LogP contribution in [0, 0.1) is 10.1 Å². The lowest BCUT2D eigenvalue weighted by Gasteiger charge is -2.34. The zero-order valence-corrected chi connectivity index (χ0v) is 17.8. The van der Waals surface area contributed by atoms with E-state index in [0.29, 0.717) is 6.61 Å². The summed E-state index contributed by atoms with van der Waals surface area (Å²) in [7, 11) is -2.67. The first kappa shape index (κ1) is 22.7. The number of sulfonamides is 1. The molecule has 0 aromatic heterocycles. The normalized spacial score (nSPS) is 14.9. The molecule has 2 aromatic carbocycles. The van der Waals surface area contributed by atoms with Crippen LogP contribution in [0.4, 0.5) is 5.69 Å². The largest absolute Gasteiger partial charge is 0.490 e. The SMILES string of the molecule is COc1ccc(S(=O)(=O)N2CCN(C(=O)COCc3ccccc3)CC2)cc1[N+](=O)[O-]. The van der Waals surface area contributed by atoms with E-state index >= 15 is 0 Å². The Bertz CT molecular complexity index is 1040. The van der Waals surface area contributed by atoms with Crippen molar-refractivity contribution in [3.63, 3.8) is 0 Å². The number of methoxy groups -OCH3 is 1. The number of nitro benzene ring substituents is 1. The summed E-state index contributed by atoms with van der Waals surface area (Å²) in [6.45, 7) is 0.832. The van der Waals surface area contributed by atoms with Crippen molar-refractivity contribution in [1.82, 2.24) is 9.21 Å². The Balaban J connectivity index is 1.57. The van der Waals surface area contributed by atoms with Crippen LogP contribution in [0.15, 0.2) is 53.4 Å². The smallest absolute Gasteiger partial charge is 0.312 e. The molecular weight excluding hydrogens is 426 g/mol. The molecule has 166 valence electrons. The van der Waals surface area contributed by atoms with Crippen molar-refractivity contribution in [1.29, 1.82) is 0 Å². The first-order valence-corrected chi connectivity index (χ1v) is 11.0. The number of benzene rings is 2. The molecule has 1 aliphatic rings. The summed E-state index contributed by atoms with van der Waals surface area (Å²) >= 11 is 0. The number of carbonyl (C=O) groups is 1. The fourth-order valence-corrected chi connectivity index (χ4v) is 4.66. The number of hydrogen-bond acceptors (Lipinski definition) is 7. The van der Waals surface area contributed by atoms with E-state index in [2.05, 4.69) is 0 Å². The number of piperazine rings is 1. The Hall–Kier alpha value is -3.02. The molecule has 2 aromatic rings. The molecule has 0 atom stereocenters. The lowest BCUT2D eigenvalue weighted by atomic mass is 10.2. The molecule has 1 heterocycles. The average molecular weight is 449 g/mol. The number of amides is 1. The van der Waals surface area contributed by atoms with Crippen LogP contribution in [-0.2, 0) is 26.2 Å². The summed E-state index contributed by atoms with van der Waals surface area (Å²) in [5.74, 6) is -0.233. The van der Waals surface area contributed by atoms with E-state index in [0.717, 1.165) is 11.6 Å². The Morgan fingerprint density at radius 3 is 2.39 bits per heavy atom. The molecule has 31 heavy (non-hydrogen) atoms.